The fraction of sp³-hybridized carbons (Fsp3) is 0.650. The van der Waals surface area contributed by atoms with Gasteiger partial charge in [0, 0.05) is 25.2 Å². The molecule has 1 amide bonds. The Morgan fingerprint density at radius 3 is 2.75 bits per heavy atom. The molecular weight excluding hydrogens is 298 g/mol. The lowest BCUT2D eigenvalue weighted by atomic mass is 10.0. The van der Waals surface area contributed by atoms with Crippen LogP contribution in [0.25, 0.3) is 0 Å². The average Bonchev–Trinajstić information content (AvgIpc) is 3.39. The van der Waals surface area contributed by atoms with E-state index in [1.807, 2.05) is 0 Å². The maximum Gasteiger partial charge on any atom is 0.234 e. The van der Waals surface area contributed by atoms with Crippen molar-refractivity contribution >= 4 is 5.91 Å². The molecule has 1 atom stereocenters. The molecule has 0 radical (unpaired) electrons. The molecule has 24 heavy (non-hydrogen) atoms. The van der Waals surface area contributed by atoms with Crippen molar-refractivity contribution in [3.05, 3.63) is 35.9 Å². The summed E-state index contributed by atoms with van der Waals surface area (Å²) in [4.78, 5) is 17.2. The van der Waals surface area contributed by atoms with Crippen LogP contribution in [0.15, 0.2) is 30.3 Å². The lowest BCUT2D eigenvalue weighted by Crippen LogP contribution is -2.51. The fourth-order valence-corrected chi connectivity index (χ4v) is 3.68. The van der Waals surface area contributed by atoms with Crippen molar-refractivity contribution < 1.29 is 4.79 Å². The first-order valence-corrected chi connectivity index (χ1v) is 9.54. The largest absolute Gasteiger partial charge is 0.352 e. The summed E-state index contributed by atoms with van der Waals surface area (Å²) in [6.45, 7) is 7.04. The monoisotopic (exact) mass is 329 g/mol. The summed E-state index contributed by atoms with van der Waals surface area (Å²) >= 11 is 0. The van der Waals surface area contributed by atoms with Gasteiger partial charge in [0.15, 0.2) is 0 Å². The Bertz CT molecular complexity index is 515. The minimum absolute atomic E-state index is 0.214. The number of carbonyl (C=O) groups is 1. The summed E-state index contributed by atoms with van der Waals surface area (Å²) in [5.74, 6) is 0.214. The molecule has 1 saturated carbocycles. The molecule has 1 aromatic rings. The number of carbonyl (C=O) groups excluding carboxylic acids is 1. The number of amides is 1. The molecule has 1 aromatic carbocycles. The molecule has 1 unspecified atom stereocenters. The Morgan fingerprint density at radius 2 is 2.04 bits per heavy atom. The van der Waals surface area contributed by atoms with Crippen molar-refractivity contribution in [3.8, 4) is 0 Å². The Morgan fingerprint density at radius 1 is 1.25 bits per heavy atom. The van der Waals surface area contributed by atoms with Gasteiger partial charge in [-0.1, -0.05) is 37.3 Å². The van der Waals surface area contributed by atoms with Crippen LogP contribution >= 0.6 is 0 Å². The van der Waals surface area contributed by atoms with Gasteiger partial charge in [-0.25, -0.2) is 0 Å². The SMILES string of the molecule is CCCN(CC(=O)NC1CC1)C1CCCN(Cc2ccccc2)C1. The number of hydrogen-bond acceptors (Lipinski definition) is 3. The molecule has 0 spiro atoms. The van der Waals surface area contributed by atoms with Gasteiger partial charge in [0.25, 0.3) is 0 Å². The maximum atomic E-state index is 12.2. The van der Waals surface area contributed by atoms with Crippen molar-refractivity contribution in [3.63, 3.8) is 0 Å². The molecule has 1 aliphatic heterocycles. The second kappa shape index (κ2) is 8.63. The summed E-state index contributed by atoms with van der Waals surface area (Å²) in [5, 5.41) is 3.14. The van der Waals surface area contributed by atoms with Crippen molar-refractivity contribution in [1.82, 2.24) is 15.1 Å². The van der Waals surface area contributed by atoms with E-state index in [2.05, 4.69) is 52.4 Å². The third-order valence-corrected chi connectivity index (χ3v) is 5.05. The van der Waals surface area contributed by atoms with Crippen LogP contribution < -0.4 is 5.32 Å². The molecule has 0 aromatic heterocycles. The molecule has 4 heteroatoms. The van der Waals surface area contributed by atoms with Gasteiger partial charge < -0.3 is 5.32 Å². The smallest absolute Gasteiger partial charge is 0.234 e. The average molecular weight is 329 g/mol. The highest BCUT2D eigenvalue weighted by molar-refractivity contribution is 5.78. The van der Waals surface area contributed by atoms with Gasteiger partial charge in [-0.05, 0) is 50.8 Å². The summed E-state index contributed by atoms with van der Waals surface area (Å²) in [7, 11) is 0. The van der Waals surface area contributed by atoms with Crippen molar-refractivity contribution in [1.29, 1.82) is 0 Å². The van der Waals surface area contributed by atoms with Gasteiger partial charge in [0.2, 0.25) is 5.91 Å². The number of likely N-dealkylation sites (tertiary alicyclic amines) is 1. The molecule has 1 N–H and O–H groups in total. The van der Waals surface area contributed by atoms with Crippen molar-refractivity contribution in [2.45, 2.75) is 57.7 Å². The molecule has 4 nitrogen and oxygen atoms in total. The first-order chi connectivity index (χ1) is 11.7. The zero-order chi connectivity index (χ0) is 16.8. The molecular formula is C20H31N3O. The summed E-state index contributed by atoms with van der Waals surface area (Å²) in [6, 6.07) is 11.7. The number of rotatable bonds is 8. The summed E-state index contributed by atoms with van der Waals surface area (Å²) in [6.07, 6.45) is 5.86. The van der Waals surface area contributed by atoms with Crippen LogP contribution in [-0.2, 0) is 11.3 Å². The van der Waals surface area contributed by atoms with Crippen LogP contribution in [-0.4, -0.2) is 54.0 Å². The molecule has 3 rings (SSSR count). The van der Waals surface area contributed by atoms with Crippen LogP contribution in [0, 0.1) is 0 Å². The minimum atomic E-state index is 0.214. The molecule has 2 aliphatic rings. The van der Waals surface area contributed by atoms with E-state index in [-0.39, 0.29) is 5.91 Å². The molecule has 0 bridgehead atoms. The summed E-state index contributed by atoms with van der Waals surface area (Å²) < 4.78 is 0. The van der Waals surface area contributed by atoms with Gasteiger partial charge in [-0.2, -0.15) is 0 Å². The quantitative estimate of drug-likeness (QED) is 0.796. The highest BCUT2D eigenvalue weighted by atomic mass is 16.2. The zero-order valence-corrected chi connectivity index (χ0v) is 14.9. The first-order valence-electron chi connectivity index (χ1n) is 9.54. The first kappa shape index (κ1) is 17.4. The Hall–Kier alpha value is -1.39. The predicted molar refractivity (Wildman–Crippen MR) is 97.8 cm³/mol. The van der Waals surface area contributed by atoms with E-state index in [4.69, 9.17) is 0 Å². The molecule has 2 fully saturated rings. The Kier molecular flexibility index (Phi) is 6.27. The molecule has 132 valence electrons. The highest BCUT2D eigenvalue weighted by Gasteiger charge is 2.28. The predicted octanol–water partition coefficient (Wildman–Crippen LogP) is 2.64. The minimum Gasteiger partial charge on any atom is -0.352 e. The lowest BCUT2D eigenvalue weighted by Gasteiger charge is -2.39. The normalized spacial score (nSPS) is 21.8. The van der Waals surface area contributed by atoms with Gasteiger partial charge in [0.1, 0.15) is 0 Å². The van der Waals surface area contributed by atoms with Crippen LogP contribution in [0.2, 0.25) is 0 Å². The van der Waals surface area contributed by atoms with Crippen molar-refractivity contribution in [2.75, 3.05) is 26.2 Å². The topological polar surface area (TPSA) is 35.6 Å². The second-order valence-electron chi connectivity index (χ2n) is 7.33. The number of nitrogens with zero attached hydrogens (tertiary/aromatic N) is 2. The number of benzene rings is 1. The van der Waals surface area contributed by atoms with E-state index < -0.39 is 0 Å². The van der Waals surface area contributed by atoms with E-state index >= 15 is 0 Å². The van der Waals surface area contributed by atoms with E-state index in [1.54, 1.807) is 0 Å². The second-order valence-corrected chi connectivity index (χ2v) is 7.33. The van der Waals surface area contributed by atoms with Gasteiger partial charge >= 0.3 is 0 Å². The van der Waals surface area contributed by atoms with Gasteiger partial charge in [-0.15, -0.1) is 0 Å². The molecule has 1 aliphatic carbocycles. The Balaban J connectivity index is 1.54. The van der Waals surface area contributed by atoms with E-state index in [0.717, 1.165) is 38.9 Å². The fourth-order valence-electron chi connectivity index (χ4n) is 3.68. The van der Waals surface area contributed by atoms with Crippen LogP contribution in [0.5, 0.6) is 0 Å². The maximum absolute atomic E-state index is 12.2. The third-order valence-electron chi connectivity index (χ3n) is 5.05. The lowest BCUT2D eigenvalue weighted by molar-refractivity contribution is -0.123. The van der Waals surface area contributed by atoms with E-state index in [1.165, 1.54) is 24.9 Å². The van der Waals surface area contributed by atoms with Crippen molar-refractivity contribution in [2.24, 2.45) is 0 Å². The van der Waals surface area contributed by atoms with Crippen LogP contribution in [0.3, 0.4) is 0 Å². The summed E-state index contributed by atoms with van der Waals surface area (Å²) in [5.41, 5.74) is 1.38. The van der Waals surface area contributed by atoms with Gasteiger partial charge in [-0.3, -0.25) is 14.6 Å². The van der Waals surface area contributed by atoms with Crippen LogP contribution in [0.1, 0.15) is 44.6 Å². The van der Waals surface area contributed by atoms with E-state index in [0.29, 0.717) is 18.6 Å². The third kappa shape index (κ3) is 5.32. The van der Waals surface area contributed by atoms with Crippen LogP contribution in [0.4, 0.5) is 0 Å². The van der Waals surface area contributed by atoms with E-state index in [9.17, 15) is 4.79 Å². The number of hydrogen-bond donors (Lipinski definition) is 1. The number of nitrogens with one attached hydrogen (secondary N) is 1. The molecule has 1 saturated heterocycles. The standard InChI is InChI=1S/C20H31N3O/c1-2-12-23(16-20(24)21-18-10-11-18)19-9-6-13-22(15-19)14-17-7-4-3-5-8-17/h3-5,7-8,18-19H,2,6,9-16H2,1H3,(H,21,24). The Labute approximate surface area is 146 Å². The number of piperidine rings is 1. The van der Waals surface area contributed by atoms with Gasteiger partial charge in [0.05, 0.1) is 6.54 Å². The zero-order valence-electron chi connectivity index (χ0n) is 14.9. The molecule has 1 heterocycles. The highest BCUT2D eigenvalue weighted by Crippen LogP contribution is 2.20.